The number of aromatic nitrogens is 3. The number of nitrogens with one attached hydrogen (secondary N) is 1. The van der Waals surface area contributed by atoms with E-state index < -0.39 is 5.92 Å². The Balaban J connectivity index is 2.11. The van der Waals surface area contributed by atoms with Gasteiger partial charge in [-0.15, -0.1) is 10.2 Å². The Morgan fingerprint density at radius 3 is 3.00 bits per heavy atom. The fourth-order valence-corrected chi connectivity index (χ4v) is 2.22. The number of hydrogen-bond acceptors (Lipinski definition) is 5. The number of anilines is 1. The lowest BCUT2D eigenvalue weighted by molar-refractivity contribution is -0.134. The predicted molar refractivity (Wildman–Crippen MR) is 62.5 cm³/mol. The lowest BCUT2D eigenvalue weighted by Gasteiger charge is -2.22. The van der Waals surface area contributed by atoms with Crippen LogP contribution in [0, 0.1) is 0 Å². The summed E-state index contributed by atoms with van der Waals surface area (Å²) in [4.78, 5) is 23.0. The summed E-state index contributed by atoms with van der Waals surface area (Å²) in [6.07, 6.45) is 2.34. The molecule has 2 amide bonds. The summed E-state index contributed by atoms with van der Waals surface area (Å²) >= 11 is 0. The number of fused-ring (bicyclic) bond motifs is 1. The third-order valence-corrected chi connectivity index (χ3v) is 3.06. The van der Waals surface area contributed by atoms with E-state index in [-0.39, 0.29) is 11.8 Å². The van der Waals surface area contributed by atoms with Crippen molar-refractivity contribution in [3.63, 3.8) is 0 Å². The molecule has 0 radical (unpaired) electrons. The average Bonchev–Trinajstić information content (AvgIpc) is 2.76. The zero-order valence-electron chi connectivity index (χ0n) is 9.46. The van der Waals surface area contributed by atoms with Gasteiger partial charge in [0, 0.05) is 23.9 Å². The molecule has 1 atom stereocenters. The third kappa shape index (κ3) is 1.60. The fraction of sp³-hybridized carbons (Fsp3) is 0.273. The first-order chi connectivity index (χ1) is 8.65. The summed E-state index contributed by atoms with van der Waals surface area (Å²) in [6, 6.07) is 3.40. The second-order valence-electron chi connectivity index (χ2n) is 4.28. The van der Waals surface area contributed by atoms with Gasteiger partial charge in [-0.25, -0.2) is 0 Å². The predicted octanol–water partition coefficient (Wildman–Crippen LogP) is -0.168. The largest absolute Gasteiger partial charge is 0.399 e. The van der Waals surface area contributed by atoms with Crippen molar-refractivity contribution in [2.45, 2.75) is 18.8 Å². The van der Waals surface area contributed by atoms with Crippen molar-refractivity contribution in [1.82, 2.24) is 19.9 Å². The van der Waals surface area contributed by atoms with Crippen LogP contribution >= 0.6 is 0 Å². The molecule has 0 spiro atoms. The number of piperidine rings is 1. The van der Waals surface area contributed by atoms with Crippen LogP contribution in [0.5, 0.6) is 0 Å². The van der Waals surface area contributed by atoms with Gasteiger partial charge in [0.05, 0.1) is 5.92 Å². The Hall–Kier alpha value is -2.44. The van der Waals surface area contributed by atoms with E-state index in [1.54, 1.807) is 16.5 Å². The number of rotatable bonds is 1. The molecule has 7 heteroatoms. The molecule has 7 nitrogen and oxygen atoms in total. The van der Waals surface area contributed by atoms with E-state index in [4.69, 9.17) is 5.73 Å². The molecule has 1 aliphatic heterocycles. The SMILES string of the molecule is Nc1cc(C2CCC(=O)NC2=O)n2cnnc2c1. The smallest absolute Gasteiger partial charge is 0.235 e. The van der Waals surface area contributed by atoms with Crippen LogP contribution in [-0.2, 0) is 9.59 Å². The van der Waals surface area contributed by atoms with Crippen molar-refractivity contribution < 1.29 is 9.59 Å². The van der Waals surface area contributed by atoms with Gasteiger partial charge in [-0.2, -0.15) is 0 Å². The molecule has 0 bridgehead atoms. The maximum atomic E-state index is 11.9. The van der Waals surface area contributed by atoms with Crippen LogP contribution in [-0.4, -0.2) is 26.4 Å². The Labute approximate surface area is 102 Å². The number of nitrogens with zero attached hydrogens (tertiary/aromatic N) is 3. The Morgan fingerprint density at radius 2 is 2.22 bits per heavy atom. The van der Waals surface area contributed by atoms with Gasteiger partial charge in [-0.1, -0.05) is 0 Å². The Bertz CT molecular complexity index is 648. The van der Waals surface area contributed by atoms with Gasteiger partial charge in [0.25, 0.3) is 0 Å². The zero-order chi connectivity index (χ0) is 12.7. The van der Waals surface area contributed by atoms with Gasteiger partial charge in [0.1, 0.15) is 6.33 Å². The minimum absolute atomic E-state index is 0.236. The second kappa shape index (κ2) is 3.80. The summed E-state index contributed by atoms with van der Waals surface area (Å²) in [7, 11) is 0. The molecule has 3 rings (SSSR count). The molecule has 3 heterocycles. The van der Waals surface area contributed by atoms with Gasteiger partial charge < -0.3 is 5.73 Å². The first-order valence-electron chi connectivity index (χ1n) is 5.58. The number of pyridine rings is 1. The summed E-state index contributed by atoms with van der Waals surface area (Å²) in [5, 5.41) is 10.0. The average molecular weight is 245 g/mol. The molecule has 0 aliphatic carbocycles. The van der Waals surface area contributed by atoms with Crippen LogP contribution in [0.4, 0.5) is 5.69 Å². The van der Waals surface area contributed by atoms with Crippen LogP contribution in [0.15, 0.2) is 18.5 Å². The number of hydrogen-bond donors (Lipinski definition) is 2. The van der Waals surface area contributed by atoms with Crippen molar-refractivity contribution in [3.8, 4) is 0 Å². The maximum absolute atomic E-state index is 11.9. The molecule has 2 aromatic rings. The number of amides is 2. The number of imide groups is 1. The van der Waals surface area contributed by atoms with E-state index in [0.29, 0.717) is 29.9 Å². The van der Waals surface area contributed by atoms with E-state index in [2.05, 4.69) is 15.5 Å². The second-order valence-corrected chi connectivity index (χ2v) is 4.28. The number of nitrogens with two attached hydrogens (primary N) is 1. The van der Waals surface area contributed by atoms with Crippen molar-refractivity contribution in [1.29, 1.82) is 0 Å². The molecular formula is C11H11N5O2. The van der Waals surface area contributed by atoms with E-state index in [1.165, 1.54) is 6.33 Å². The highest BCUT2D eigenvalue weighted by Crippen LogP contribution is 2.26. The van der Waals surface area contributed by atoms with E-state index in [1.807, 2.05) is 0 Å². The Kier molecular flexibility index (Phi) is 2.26. The third-order valence-electron chi connectivity index (χ3n) is 3.06. The molecular weight excluding hydrogens is 234 g/mol. The summed E-state index contributed by atoms with van der Waals surface area (Å²) in [6.45, 7) is 0. The Morgan fingerprint density at radius 1 is 1.39 bits per heavy atom. The molecule has 1 fully saturated rings. The maximum Gasteiger partial charge on any atom is 0.235 e. The number of carbonyl (C=O) groups is 2. The van der Waals surface area contributed by atoms with Gasteiger partial charge in [-0.05, 0) is 12.5 Å². The minimum Gasteiger partial charge on any atom is -0.399 e. The summed E-state index contributed by atoms with van der Waals surface area (Å²) in [5.41, 5.74) is 7.61. The van der Waals surface area contributed by atoms with Crippen molar-refractivity contribution in [2.75, 3.05) is 5.73 Å². The molecule has 18 heavy (non-hydrogen) atoms. The molecule has 0 saturated carbocycles. The first kappa shape index (κ1) is 10.7. The van der Waals surface area contributed by atoms with Crippen LogP contribution in [0.1, 0.15) is 24.5 Å². The number of carbonyl (C=O) groups excluding carboxylic acids is 2. The van der Waals surface area contributed by atoms with Crippen molar-refractivity contribution in [3.05, 3.63) is 24.2 Å². The van der Waals surface area contributed by atoms with E-state index >= 15 is 0 Å². The number of nitrogen functional groups attached to an aromatic ring is 1. The highest BCUT2D eigenvalue weighted by atomic mass is 16.2. The fourth-order valence-electron chi connectivity index (χ4n) is 2.22. The van der Waals surface area contributed by atoms with E-state index in [0.717, 1.165) is 0 Å². The lowest BCUT2D eigenvalue weighted by atomic mass is 9.94. The molecule has 92 valence electrons. The quantitative estimate of drug-likeness (QED) is 0.679. The van der Waals surface area contributed by atoms with Crippen LogP contribution in [0.3, 0.4) is 0 Å². The standard InChI is InChI=1S/C11H11N5O2/c12-6-3-8(16-5-13-15-9(16)4-6)7-1-2-10(17)14-11(7)18/h3-5,7H,1-2,12H2,(H,14,17,18). The van der Waals surface area contributed by atoms with Gasteiger partial charge in [0.2, 0.25) is 11.8 Å². The van der Waals surface area contributed by atoms with Crippen molar-refractivity contribution >= 4 is 23.1 Å². The molecule has 2 aromatic heterocycles. The van der Waals surface area contributed by atoms with Gasteiger partial charge >= 0.3 is 0 Å². The van der Waals surface area contributed by atoms with Crippen LogP contribution in [0.25, 0.3) is 5.65 Å². The zero-order valence-corrected chi connectivity index (χ0v) is 9.46. The molecule has 0 aromatic carbocycles. The monoisotopic (exact) mass is 245 g/mol. The summed E-state index contributed by atoms with van der Waals surface area (Å²) in [5.74, 6) is -0.934. The molecule has 1 unspecified atom stereocenters. The molecule has 1 aliphatic rings. The first-order valence-corrected chi connectivity index (χ1v) is 5.58. The highest BCUT2D eigenvalue weighted by molar-refractivity contribution is 6.00. The molecule has 1 saturated heterocycles. The van der Waals surface area contributed by atoms with Gasteiger partial charge in [-0.3, -0.25) is 19.3 Å². The van der Waals surface area contributed by atoms with Crippen molar-refractivity contribution in [2.24, 2.45) is 0 Å². The summed E-state index contributed by atoms with van der Waals surface area (Å²) < 4.78 is 1.72. The topological polar surface area (TPSA) is 102 Å². The van der Waals surface area contributed by atoms with Crippen LogP contribution in [0.2, 0.25) is 0 Å². The lowest BCUT2D eigenvalue weighted by Crippen LogP contribution is -2.40. The van der Waals surface area contributed by atoms with Crippen LogP contribution < -0.4 is 11.1 Å². The minimum atomic E-state index is -0.398. The normalized spacial score (nSPS) is 20.1. The highest BCUT2D eigenvalue weighted by Gasteiger charge is 2.29. The van der Waals surface area contributed by atoms with Gasteiger partial charge in [0.15, 0.2) is 5.65 Å². The van der Waals surface area contributed by atoms with E-state index in [9.17, 15) is 9.59 Å². The molecule has 3 N–H and O–H groups in total.